The van der Waals surface area contributed by atoms with Crippen LogP contribution in [-0.2, 0) is 0 Å². The van der Waals surface area contributed by atoms with Crippen LogP contribution in [0.25, 0.3) is 27.5 Å². The Morgan fingerprint density at radius 1 is 0.333 bits per heavy atom. The number of benzene rings is 7. The summed E-state index contributed by atoms with van der Waals surface area (Å²) in [7, 11) is -1.75. The fourth-order valence-corrected chi connectivity index (χ4v) is 11.3. The summed E-state index contributed by atoms with van der Waals surface area (Å²) in [5.74, 6) is 0. The molecule has 0 atom stereocenters. The van der Waals surface area contributed by atoms with Gasteiger partial charge in [-0.2, -0.15) is 0 Å². The molecule has 0 aliphatic carbocycles. The Morgan fingerprint density at radius 2 is 0.733 bits per heavy atom. The first-order valence-corrected chi connectivity index (χ1v) is 17.0. The van der Waals surface area contributed by atoms with Crippen molar-refractivity contribution in [2.24, 2.45) is 0 Å². The van der Waals surface area contributed by atoms with Crippen molar-refractivity contribution in [1.82, 2.24) is 4.57 Å². The van der Waals surface area contributed by atoms with E-state index in [0.717, 1.165) is 11.4 Å². The highest BCUT2D eigenvalue weighted by atomic mass is 32.3. The molecule has 0 unspecified atom stereocenters. The van der Waals surface area contributed by atoms with Gasteiger partial charge >= 0.3 is 0 Å². The maximum absolute atomic E-state index is 2.46. The highest BCUT2D eigenvalue weighted by Gasteiger charge is 2.42. The number of rotatable bonds is 4. The zero-order valence-corrected chi connectivity index (χ0v) is 25.4. The largest absolute Gasteiger partial charge is 0.309 e. The molecule has 1 aliphatic heterocycles. The first kappa shape index (κ1) is 25.9. The first-order chi connectivity index (χ1) is 22.4. The summed E-state index contributed by atoms with van der Waals surface area (Å²) in [4.78, 5) is 7.85. The number of fused-ring (bicyclic) bond motifs is 5. The molecule has 0 saturated carbocycles. The minimum atomic E-state index is -1.75. The molecule has 214 valence electrons. The minimum Gasteiger partial charge on any atom is -0.309 e. The Kier molecular flexibility index (Phi) is 5.93. The van der Waals surface area contributed by atoms with Gasteiger partial charge < -0.3 is 9.47 Å². The third kappa shape index (κ3) is 3.78. The maximum atomic E-state index is 2.46. The zero-order valence-electron chi connectivity index (χ0n) is 24.6. The number of aromatic nitrogens is 1. The van der Waals surface area contributed by atoms with E-state index in [4.69, 9.17) is 0 Å². The number of hydrogen-bond donors (Lipinski definition) is 0. The van der Waals surface area contributed by atoms with Crippen LogP contribution in [0.4, 0.5) is 17.1 Å². The lowest BCUT2D eigenvalue weighted by atomic mass is 10.1. The Bertz CT molecular complexity index is 2180. The van der Waals surface area contributed by atoms with Crippen LogP contribution in [0.3, 0.4) is 0 Å². The molecule has 0 spiro atoms. The maximum Gasteiger partial charge on any atom is 0.0592 e. The molecule has 45 heavy (non-hydrogen) atoms. The van der Waals surface area contributed by atoms with Gasteiger partial charge in [0.25, 0.3) is 0 Å². The van der Waals surface area contributed by atoms with E-state index in [2.05, 4.69) is 191 Å². The van der Waals surface area contributed by atoms with Gasteiger partial charge in [-0.3, -0.25) is 0 Å². The fraction of sp³-hybridized carbons (Fsp3) is 0. The van der Waals surface area contributed by atoms with Gasteiger partial charge in [0.05, 0.1) is 22.4 Å². The molecule has 0 saturated heterocycles. The van der Waals surface area contributed by atoms with Crippen LogP contribution in [0.5, 0.6) is 0 Å². The van der Waals surface area contributed by atoms with Crippen molar-refractivity contribution in [2.75, 3.05) is 4.90 Å². The molecule has 1 aliphatic rings. The highest BCUT2D eigenvalue weighted by Crippen LogP contribution is 2.79. The van der Waals surface area contributed by atoms with Crippen LogP contribution in [0.1, 0.15) is 0 Å². The SMILES string of the molecule is c1ccc(S2(c3ccccc3)c3ccccc3N(c3ccc(-n4c5ccccc5c5ccccc54)cc3)c3ccccc32)cc1. The monoisotopic (exact) mass is 594 g/mol. The second-order valence-electron chi connectivity index (χ2n) is 11.4. The van der Waals surface area contributed by atoms with E-state index in [-0.39, 0.29) is 0 Å². The standard InChI is InChI=1S/C42H30N2S/c1-3-15-33(16-4-1)45(34-17-5-2-6-18-34)41-25-13-11-23-39(41)44(40-24-12-14-26-42(40)45)32-29-27-31(28-30-32)43-37-21-9-7-19-35(37)36-20-8-10-22-38(36)43/h1-30H. The van der Waals surface area contributed by atoms with Crippen molar-refractivity contribution in [3.63, 3.8) is 0 Å². The molecule has 0 bridgehead atoms. The average molecular weight is 595 g/mol. The second kappa shape index (κ2) is 10.3. The lowest BCUT2D eigenvalue weighted by Gasteiger charge is -2.49. The van der Waals surface area contributed by atoms with Crippen molar-refractivity contribution < 1.29 is 0 Å². The van der Waals surface area contributed by atoms with E-state index in [1.807, 2.05) is 0 Å². The van der Waals surface area contributed by atoms with Crippen LogP contribution in [-0.4, -0.2) is 4.57 Å². The van der Waals surface area contributed by atoms with Crippen LogP contribution in [0.15, 0.2) is 202 Å². The summed E-state index contributed by atoms with van der Waals surface area (Å²) in [6.07, 6.45) is 0. The lowest BCUT2D eigenvalue weighted by molar-refractivity contribution is 1.11. The van der Waals surface area contributed by atoms with E-state index in [1.54, 1.807) is 0 Å². The third-order valence-electron chi connectivity index (χ3n) is 9.01. The summed E-state index contributed by atoms with van der Waals surface area (Å²) in [5, 5.41) is 2.55. The molecule has 0 radical (unpaired) electrons. The zero-order chi connectivity index (χ0) is 29.8. The van der Waals surface area contributed by atoms with E-state index >= 15 is 0 Å². The summed E-state index contributed by atoms with van der Waals surface area (Å²) in [5.41, 5.74) is 7.20. The van der Waals surface area contributed by atoms with Crippen LogP contribution < -0.4 is 4.90 Å². The van der Waals surface area contributed by atoms with Crippen LogP contribution in [0, 0.1) is 0 Å². The molecule has 8 aromatic rings. The third-order valence-corrected chi connectivity index (χ3v) is 13.0. The van der Waals surface area contributed by atoms with Crippen LogP contribution in [0.2, 0.25) is 0 Å². The minimum absolute atomic E-state index is 1.15. The smallest absolute Gasteiger partial charge is 0.0592 e. The molecule has 9 rings (SSSR count). The van der Waals surface area contributed by atoms with Gasteiger partial charge in [-0.1, -0.05) is 97.1 Å². The summed E-state index contributed by atoms with van der Waals surface area (Å²) in [6, 6.07) is 66.7. The topological polar surface area (TPSA) is 8.17 Å². The molecule has 2 heterocycles. The molecule has 1 aromatic heterocycles. The molecule has 3 heteroatoms. The fourth-order valence-electron chi connectivity index (χ4n) is 7.17. The molecular formula is C42H30N2S. The normalized spacial score (nSPS) is 14.2. The second-order valence-corrected chi connectivity index (χ2v) is 14.4. The molecule has 0 fully saturated rings. The van der Waals surface area contributed by atoms with Crippen molar-refractivity contribution in [2.45, 2.75) is 19.6 Å². The predicted octanol–water partition coefficient (Wildman–Crippen LogP) is 11.9. The lowest BCUT2D eigenvalue weighted by Crippen LogP contribution is -2.21. The number of nitrogens with zero attached hydrogens (tertiary/aromatic N) is 2. The van der Waals surface area contributed by atoms with E-state index in [9.17, 15) is 0 Å². The summed E-state index contributed by atoms with van der Waals surface area (Å²) >= 11 is 0. The van der Waals surface area contributed by atoms with E-state index < -0.39 is 10.0 Å². The average Bonchev–Trinajstić information content (AvgIpc) is 3.46. The van der Waals surface area contributed by atoms with Crippen molar-refractivity contribution >= 4 is 48.9 Å². The molecule has 0 amide bonds. The van der Waals surface area contributed by atoms with E-state index in [1.165, 1.54) is 52.8 Å². The first-order valence-electron chi connectivity index (χ1n) is 15.4. The van der Waals surface area contributed by atoms with Crippen molar-refractivity contribution in [3.05, 3.63) is 182 Å². The predicted molar refractivity (Wildman–Crippen MR) is 189 cm³/mol. The quantitative estimate of drug-likeness (QED) is 0.197. The summed E-state index contributed by atoms with van der Waals surface area (Å²) < 4.78 is 2.38. The van der Waals surface area contributed by atoms with Crippen LogP contribution >= 0.6 is 10.0 Å². The molecule has 2 nitrogen and oxygen atoms in total. The number of para-hydroxylation sites is 4. The van der Waals surface area contributed by atoms with Gasteiger partial charge in [0.2, 0.25) is 0 Å². The Morgan fingerprint density at radius 3 is 1.24 bits per heavy atom. The number of anilines is 3. The Labute approximate surface area is 264 Å². The Hall–Kier alpha value is -5.51. The molecular weight excluding hydrogens is 565 g/mol. The van der Waals surface area contributed by atoms with E-state index in [0.29, 0.717) is 0 Å². The van der Waals surface area contributed by atoms with Gasteiger partial charge in [-0.25, -0.2) is 0 Å². The molecule has 7 aromatic carbocycles. The number of hydrogen-bond acceptors (Lipinski definition) is 1. The Balaban J connectivity index is 1.27. The van der Waals surface area contributed by atoms with Crippen molar-refractivity contribution in [3.8, 4) is 5.69 Å². The van der Waals surface area contributed by atoms with Gasteiger partial charge in [-0.05, 0) is 84.9 Å². The summed E-state index contributed by atoms with van der Waals surface area (Å²) in [6.45, 7) is 0. The van der Waals surface area contributed by atoms with Gasteiger partial charge in [-0.15, -0.1) is 10.0 Å². The van der Waals surface area contributed by atoms with Gasteiger partial charge in [0.15, 0.2) is 0 Å². The van der Waals surface area contributed by atoms with Gasteiger partial charge in [0.1, 0.15) is 0 Å². The highest BCUT2D eigenvalue weighted by molar-refractivity contribution is 8.34. The van der Waals surface area contributed by atoms with Gasteiger partial charge in [0, 0.05) is 41.7 Å². The van der Waals surface area contributed by atoms with Crippen molar-refractivity contribution in [1.29, 1.82) is 0 Å². The molecule has 0 N–H and O–H groups in total.